The van der Waals surface area contributed by atoms with Crippen molar-refractivity contribution in [3.8, 4) is 0 Å². The summed E-state index contributed by atoms with van der Waals surface area (Å²) < 4.78 is 0. The first-order chi connectivity index (χ1) is 7.65. The second kappa shape index (κ2) is 5.01. The zero-order chi connectivity index (χ0) is 11.5. The van der Waals surface area contributed by atoms with E-state index < -0.39 is 0 Å². The molecule has 1 aromatic heterocycles. The van der Waals surface area contributed by atoms with Gasteiger partial charge in [0.15, 0.2) is 5.16 Å². The Morgan fingerprint density at radius 2 is 2.25 bits per heavy atom. The SMILES string of the molecule is Cc1cc(=O)[nH]c(SC2CCCCC2O)n1. The van der Waals surface area contributed by atoms with Crippen molar-refractivity contribution in [2.75, 3.05) is 0 Å². The van der Waals surface area contributed by atoms with E-state index in [1.54, 1.807) is 6.92 Å². The number of aromatic amines is 1. The van der Waals surface area contributed by atoms with Crippen molar-refractivity contribution in [2.45, 2.75) is 49.1 Å². The first-order valence-corrected chi connectivity index (χ1v) is 6.46. The Morgan fingerprint density at radius 1 is 1.50 bits per heavy atom. The minimum absolute atomic E-state index is 0.125. The van der Waals surface area contributed by atoms with Crippen molar-refractivity contribution in [3.05, 3.63) is 22.1 Å². The van der Waals surface area contributed by atoms with Crippen LogP contribution in [0.3, 0.4) is 0 Å². The summed E-state index contributed by atoms with van der Waals surface area (Å²) in [6, 6.07) is 1.47. The third kappa shape index (κ3) is 2.86. The highest BCUT2D eigenvalue weighted by Gasteiger charge is 2.24. The molecular formula is C11H16N2O2S. The molecule has 1 aromatic rings. The van der Waals surface area contributed by atoms with Crippen LogP contribution in [0.2, 0.25) is 0 Å². The predicted molar refractivity (Wildman–Crippen MR) is 63.7 cm³/mol. The van der Waals surface area contributed by atoms with Crippen molar-refractivity contribution >= 4 is 11.8 Å². The molecule has 2 rings (SSSR count). The number of nitrogens with zero attached hydrogens (tertiary/aromatic N) is 1. The molecule has 2 atom stereocenters. The summed E-state index contributed by atoms with van der Waals surface area (Å²) in [5.74, 6) is 0. The summed E-state index contributed by atoms with van der Waals surface area (Å²) in [5.41, 5.74) is 0.594. The first kappa shape index (κ1) is 11.7. The number of aliphatic hydroxyl groups excluding tert-OH is 1. The van der Waals surface area contributed by atoms with Crippen molar-refractivity contribution in [3.63, 3.8) is 0 Å². The van der Waals surface area contributed by atoms with Gasteiger partial charge in [-0.25, -0.2) is 4.98 Å². The van der Waals surface area contributed by atoms with Crippen LogP contribution in [-0.4, -0.2) is 26.4 Å². The molecular weight excluding hydrogens is 224 g/mol. The highest BCUT2D eigenvalue weighted by molar-refractivity contribution is 7.99. The molecule has 1 aliphatic rings. The molecule has 0 aromatic carbocycles. The smallest absolute Gasteiger partial charge is 0.251 e. The van der Waals surface area contributed by atoms with Crippen molar-refractivity contribution < 1.29 is 5.11 Å². The van der Waals surface area contributed by atoms with Gasteiger partial charge in [0, 0.05) is 17.0 Å². The van der Waals surface area contributed by atoms with E-state index in [0.29, 0.717) is 5.16 Å². The largest absolute Gasteiger partial charge is 0.392 e. The predicted octanol–water partition coefficient (Wildman–Crippen LogP) is 1.47. The molecule has 1 heterocycles. The lowest BCUT2D eigenvalue weighted by molar-refractivity contribution is 0.137. The molecule has 1 fully saturated rings. The molecule has 5 heteroatoms. The first-order valence-electron chi connectivity index (χ1n) is 5.58. The number of aliphatic hydroxyl groups is 1. The second-order valence-corrected chi connectivity index (χ2v) is 5.43. The second-order valence-electron chi connectivity index (χ2n) is 4.20. The number of hydrogen-bond donors (Lipinski definition) is 2. The van der Waals surface area contributed by atoms with Crippen LogP contribution in [-0.2, 0) is 0 Å². The number of thioether (sulfide) groups is 1. The number of hydrogen-bond acceptors (Lipinski definition) is 4. The molecule has 4 nitrogen and oxygen atoms in total. The fourth-order valence-electron chi connectivity index (χ4n) is 1.97. The zero-order valence-corrected chi connectivity index (χ0v) is 10.1. The van der Waals surface area contributed by atoms with E-state index in [4.69, 9.17) is 0 Å². The zero-order valence-electron chi connectivity index (χ0n) is 9.27. The number of H-pyrrole nitrogens is 1. The lowest BCUT2D eigenvalue weighted by Crippen LogP contribution is -2.27. The molecule has 1 saturated carbocycles. The summed E-state index contributed by atoms with van der Waals surface area (Å²) >= 11 is 1.48. The summed E-state index contributed by atoms with van der Waals surface area (Å²) in [5, 5.41) is 10.6. The normalized spacial score (nSPS) is 25.6. The van der Waals surface area contributed by atoms with Crippen LogP contribution in [0.1, 0.15) is 31.4 Å². The molecule has 16 heavy (non-hydrogen) atoms. The molecule has 0 amide bonds. The molecule has 0 aliphatic heterocycles. The van der Waals surface area contributed by atoms with Gasteiger partial charge in [-0.05, 0) is 19.8 Å². The Labute approximate surface area is 98.5 Å². The summed E-state index contributed by atoms with van der Waals surface area (Å²) in [7, 11) is 0. The number of nitrogens with one attached hydrogen (secondary N) is 1. The van der Waals surface area contributed by atoms with Crippen molar-refractivity contribution in [2.24, 2.45) is 0 Å². The molecule has 2 unspecified atom stereocenters. The van der Waals surface area contributed by atoms with Crippen LogP contribution < -0.4 is 5.56 Å². The lowest BCUT2D eigenvalue weighted by atomic mass is 9.97. The topological polar surface area (TPSA) is 66.0 Å². The molecule has 1 aliphatic carbocycles. The fraction of sp³-hybridized carbons (Fsp3) is 0.636. The Balaban J connectivity index is 2.10. The van der Waals surface area contributed by atoms with Crippen LogP contribution in [0, 0.1) is 6.92 Å². The van der Waals surface area contributed by atoms with Gasteiger partial charge in [0.2, 0.25) is 0 Å². The van der Waals surface area contributed by atoms with Gasteiger partial charge in [-0.3, -0.25) is 4.79 Å². The maximum atomic E-state index is 11.3. The maximum Gasteiger partial charge on any atom is 0.251 e. The average Bonchev–Trinajstić information content (AvgIpc) is 2.20. The highest BCUT2D eigenvalue weighted by Crippen LogP contribution is 2.31. The minimum Gasteiger partial charge on any atom is -0.392 e. The van der Waals surface area contributed by atoms with E-state index in [-0.39, 0.29) is 16.9 Å². The molecule has 0 saturated heterocycles. The van der Waals surface area contributed by atoms with Crippen LogP contribution in [0.5, 0.6) is 0 Å². The molecule has 0 radical (unpaired) electrons. The lowest BCUT2D eigenvalue weighted by Gasteiger charge is -2.26. The third-order valence-corrected chi connectivity index (χ3v) is 4.05. The Bertz CT molecular complexity index is 419. The van der Waals surface area contributed by atoms with Gasteiger partial charge in [-0.1, -0.05) is 24.6 Å². The van der Waals surface area contributed by atoms with Gasteiger partial charge in [0.25, 0.3) is 5.56 Å². The standard InChI is InChI=1S/C11H16N2O2S/c1-7-6-10(15)13-11(12-7)16-9-5-3-2-4-8(9)14/h6,8-9,14H,2-5H2,1H3,(H,12,13,15). The van der Waals surface area contributed by atoms with Crippen LogP contribution in [0.25, 0.3) is 0 Å². The fourth-order valence-corrected chi connectivity index (χ4v) is 3.19. The van der Waals surface area contributed by atoms with E-state index in [9.17, 15) is 9.90 Å². The van der Waals surface area contributed by atoms with E-state index in [2.05, 4.69) is 9.97 Å². The summed E-state index contributed by atoms with van der Waals surface area (Å²) in [6.07, 6.45) is 3.81. The van der Waals surface area contributed by atoms with Gasteiger partial charge in [0.1, 0.15) is 0 Å². The average molecular weight is 240 g/mol. The number of rotatable bonds is 2. The Hall–Kier alpha value is -0.810. The van der Waals surface area contributed by atoms with Crippen molar-refractivity contribution in [1.82, 2.24) is 9.97 Å². The van der Waals surface area contributed by atoms with Crippen LogP contribution in [0.15, 0.2) is 16.0 Å². The van der Waals surface area contributed by atoms with Crippen molar-refractivity contribution in [1.29, 1.82) is 0 Å². The summed E-state index contributed by atoms with van der Waals surface area (Å²) in [4.78, 5) is 18.2. The van der Waals surface area contributed by atoms with Gasteiger partial charge in [-0.2, -0.15) is 0 Å². The van der Waals surface area contributed by atoms with E-state index in [1.807, 2.05) is 0 Å². The third-order valence-electron chi connectivity index (χ3n) is 2.78. The van der Waals surface area contributed by atoms with Gasteiger partial charge in [0.05, 0.1) is 6.10 Å². The van der Waals surface area contributed by atoms with Gasteiger partial charge in [-0.15, -0.1) is 0 Å². The van der Waals surface area contributed by atoms with Gasteiger partial charge >= 0.3 is 0 Å². The number of aryl methyl sites for hydroxylation is 1. The van der Waals surface area contributed by atoms with E-state index >= 15 is 0 Å². The summed E-state index contributed by atoms with van der Waals surface area (Å²) in [6.45, 7) is 1.80. The number of aromatic nitrogens is 2. The van der Waals surface area contributed by atoms with Crippen LogP contribution in [0.4, 0.5) is 0 Å². The molecule has 88 valence electrons. The molecule has 0 bridgehead atoms. The van der Waals surface area contributed by atoms with E-state index in [0.717, 1.165) is 31.4 Å². The maximum absolute atomic E-state index is 11.3. The highest BCUT2D eigenvalue weighted by atomic mass is 32.2. The Kier molecular flexibility index (Phi) is 3.66. The van der Waals surface area contributed by atoms with E-state index in [1.165, 1.54) is 17.8 Å². The monoisotopic (exact) mass is 240 g/mol. The quantitative estimate of drug-likeness (QED) is 0.768. The molecule has 0 spiro atoms. The molecule has 2 N–H and O–H groups in total. The Morgan fingerprint density at radius 3 is 2.94 bits per heavy atom. The van der Waals surface area contributed by atoms with Gasteiger partial charge < -0.3 is 10.1 Å². The van der Waals surface area contributed by atoms with Crippen LogP contribution >= 0.6 is 11.8 Å². The minimum atomic E-state index is -0.274.